The monoisotopic (exact) mass is 398 g/mol. The number of para-hydroxylation sites is 2. The second-order valence-corrected chi connectivity index (χ2v) is 7.20. The maximum atomic E-state index is 6.22. The molecule has 0 aliphatic rings. The fourth-order valence-corrected chi connectivity index (χ4v) is 3.96. The van der Waals surface area contributed by atoms with Gasteiger partial charge in [-0.2, -0.15) is 0 Å². The number of rotatable bonds is 2. The van der Waals surface area contributed by atoms with Gasteiger partial charge in [0.05, 0.1) is 0 Å². The SMILES string of the molecule is Brc1ccc(-c2ccccc2)cc1-c1cccc2c1oc1ccccc12. The van der Waals surface area contributed by atoms with Gasteiger partial charge in [-0.3, -0.25) is 0 Å². The first-order valence-corrected chi connectivity index (χ1v) is 9.36. The molecule has 0 bridgehead atoms. The van der Waals surface area contributed by atoms with Gasteiger partial charge in [0.15, 0.2) is 0 Å². The van der Waals surface area contributed by atoms with Crippen LogP contribution in [0.15, 0.2) is 99.9 Å². The van der Waals surface area contributed by atoms with Gasteiger partial charge < -0.3 is 4.42 Å². The van der Waals surface area contributed by atoms with E-state index in [9.17, 15) is 0 Å². The Morgan fingerprint density at radius 2 is 1.35 bits per heavy atom. The van der Waals surface area contributed by atoms with E-state index >= 15 is 0 Å². The first-order valence-electron chi connectivity index (χ1n) is 8.57. The zero-order valence-corrected chi connectivity index (χ0v) is 15.5. The van der Waals surface area contributed by atoms with Crippen molar-refractivity contribution in [2.24, 2.45) is 0 Å². The van der Waals surface area contributed by atoms with Crippen molar-refractivity contribution in [3.05, 3.63) is 95.5 Å². The summed E-state index contributed by atoms with van der Waals surface area (Å²) < 4.78 is 7.28. The van der Waals surface area contributed by atoms with E-state index in [0.717, 1.165) is 37.5 Å². The summed E-state index contributed by atoms with van der Waals surface area (Å²) in [6.07, 6.45) is 0. The highest BCUT2D eigenvalue weighted by Gasteiger charge is 2.14. The van der Waals surface area contributed by atoms with Crippen molar-refractivity contribution < 1.29 is 4.42 Å². The molecule has 0 saturated carbocycles. The third-order valence-corrected chi connectivity index (χ3v) is 5.46. The Kier molecular flexibility index (Phi) is 3.65. The van der Waals surface area contributed by atoms with E-state index in [0.29, 0.717) is 0 Å². The summed E-state index contributed by atoms with van der Waals surface area (Å²) in [6, 6.07) is 31.5. The molecule has 0 fully saturated rings. The summed E-state index contributed by atoms with van der Waals surface area (Å²) in [6.45, 7) is 0. The van der Waals surface area contributed by atoms with Crippen LogP contribution < -0.4 is 0 Å². The van der Waals surface area contributed by atoms with Crippen LogP contribution in [0.1, 0.15) is 0 Å². The molecular weight excluding hydrogens is 384 g/mol. The number of hydrogen-bond donors (Lipinski definition) is 0. The predicted molar refractivity (Wildman–Crippen MR) is 112 cm³/mol. The van der Waals surface area contributed by atoms with Gasteiger partial charge >= 0.3 is 0 Å². The van der Waals surface area contributed by atoms with Crippen LogP contribution in [0.4, 0.5) is 0 Å². The maximum Gasteiger partial charge on any atom is 0.143 e. The molecule has 0 atom stereocenters. The van der Waals surface area contributed by atoms with Gasteiger partial charge in [0.25, 0.3) is 0 Å². The highest BCUT2D eigenvalue weighted by atomic mass is 79.9. The Morgan fingerprint density at radius 3 is 2.23 bits per heavy atom. The Hall–Kier alpha value is -2.84. The van der Waals surface area contributed by atoms with Gasteiger partial charge in [-0.15, -0.1) is 0 Å². The van der Waals surface area contributed by atoms with E-state index < -0.39 is 0 Å². The molecule has 2 heteroatoms. The summed E-state index contributed by atoms with van der Waals surface area (Å²) in [4.78, 5) is 0. The van der Waals surface area contributed by atoms with E-state index in [4.69, 9.17) is 4.42 Å². The second kappa shape index (κ2) is 6.15. The molecule has 124 valence electrons. The third-order valence-electron chi connectivity index (χ3n) is 4.77. The van der Waals surface area contributed by atoms with Crippen LogP contribution >= 0.6 is 15.9 Å². The van der Waals surface area contributed by atoms with Crippen LogP contribution in [0, 0.1) is 0 Å². The third kappa shape index (κ3) is 2.46. The first kappa shape index (κ1) is 15.4. The smallest absolute Gasteiger partial charge is 0.143 e. The Labute approximate surface area is 160 Å². The number of furan rings is 1. The van der Waals surface area contributed by atoms with Crippen molar-refractivity contribution in [3.63, 3.8) is 0 Å². The minimum Gasteiger partial charge on any atom is -0.455 e. The molecule has 4 aromatic carbocycles. The number of fused-ring (bicyclic) bond motifs is 3. The maximum absolute atomic E-state index is 6.22. The van der Waals surface area contributed by atoms with Crippen molar-refractivity contribution in [2.45, 2.75) is 0 Å². The van der Waals surface area contributed by atoms with Gasteiger partial charge in [-0.1, -0.05) is 88.7 Å². The number of hydrogen-bond acceptors (Lipinski definition) is 1. The largest absolute Gasteiger partial charge is 0.455 e. The Morgan fingerprint density at radius 1 is 0.577 bits per heavy atom. The minimum absolute atomic E-state index is 0.922. The molecule has 1 nitrogen and oxygen atoms in total. The quantitative estimate of drug-likeness (QED) is 0.297. The van der Waals surface area contributed by atoms with Crippen LogP contribution in [0.2, 0.25) is 0 Å². The predicted octanol–water partition coefficient (Wildman–Crippen LogP) is 7.68. The zero-order valence-electron chi connectivity index (χ0n) is 13.9. The summed E-state index contributed by atoms with van der Waals surface area (Å²) in [5.74, 6) is 0. The minimum atomic E-state index is 0.922. The molecule has 0 saturated heterocycles. The van der Waals surface area contributed by atoms with Gasteiger partial charge in [0.2, 0.25) is 0 Å². The normalized spacial score (nSPS) is 11.3. The molecular formula is C24H15BrO. The molecule has 0 radical (unpaired) electrons. The van der Waals surface area contributed by atoms with Crippen molar-refractivity contribution in [2.75, 3.05) is 0 Å². The molecule has 1 heterocycles. The van der Waals surface area contributed by atoms with Crippen molar-refractivity contribution >= 4 is 37.9 Å². The lowest BCUT2D eigenvalue weighted by molar-refractivity contribution is 0.670. The fourth-order valence-electron chi connectivity index (χ4n) is 3.50. The summed E-state index contributed by atoms with van der Waals surface area (Å²) >= 11 is 3.73. The molecule has 0 unspecified atom stereocenters. The summed E-state index contributed by atoms with van der Waals surface area (Å²) in [7, 11) is 0. The van der Waals surface area contributed by atoms with Crippen LogP contribution in [0.3, 0.4) is 0 Å². The molecule has 0 aliphatic carbocycles. The van der Waals surface area contributed by atoms with Crippen LogP contribution in [-0.2, 0) is 0 Å². The summed E-state index contributed by atoms with van der Waals surface area (Å²) in [5.41, 5.74) is 6.49. The van der Waals surface area contributed by atoms with Crippen molar-refractivity contribution in [3.8, 4) is 22.3 Å². The Balaban J connectivity index is 1.78. The lowest BCUT2D eigenvalue weighted by atomic mass is 9.98. The summed E-state index contributed by atoms with van der Waals surface area (Å²) in [5, 5.41) is 2.30. The first-order chi connectivity index (χ1) is 12.8. The average molecular weight is 399 g/mol. The van der Waals surface area contributed by atoms with E-state index in [1.807, 2.05) is 18.2 Å². The molecule has 0 amide bonds. The molecule has 5 rings (SSSR count). The van der Waals surface area contributed by atoms with E-state index in [2.05, 4.69) is 88.7 Å². The fraction of sp³-hybridized carbons (Fsp3) is 0. The molecule has 0 N–H and O–H groups in total. The molecule has 0 spiro atoms. The van der Waals surface area contributed by atoms with E-state index in [1.54, 1.807) is 0 Å². The highest BCUT2D eigenvalue weighted by molar-refractivity contribution is 9.10. The molecule has 26 heavy (non-hydrogen) atoms. The second-order valence-electron chi connectivity index (χ2n) is 6.34. The Bertz CT molecular complexity index is 1240. The number of halogens is 1. The van der Waals surface area contributed by atoms with E-state index in [1.165, 1.54) is 11.1 Å². The van der Waals surface area contributed by atoms with Gasteiger partial charge in [0, 0.05) is 26.4 Å². The number of benzene rings is 4. The van der Waals surface area contributed by atoms with Crippen LogP contribution in [-0.4, -0.2) is 0 Å². The lowest BCUT2D eigenvalue weighted by Crippen LogP contribution is -1.84. The molecule has 5 aromatic rings. The van der Waals surface area contributed by atoms with E-state index in [-0.39, 0.29) is 0 Å². The van der Waals surface area contributed by atoms with Crippen LogP contribution in [0.5, 0.6) is 0 Å². The van der Waals surface area contributed by atoms with Crippen molar-refractivity contribution in [1.82, 2.24) is 0 Å². The van der Waals surface area contributed by atoms with Gasteiger partial charge in [-0.25, -0.2) is 0 Å². The molecule has 0 aliphatic heterocycles. The molecule has 1 aromatic heterocycles. The lowest BCUT2D eigenvalue weighted by Gasteiger charge is -2.09. The topological polar surface area (TPSA) is 13.1 Å². The highest BCUT2D eigenvalue weighted by Crippen LogP contribution is 2.39. The standard InChI is InChI=1S/C24H15BrO/c25-22-14-13-17(16-7-2-1-3-8-16)15-21(22)20-11-6-10-19-18-9-4-5-12-23(18)26-24(19)20/h1-15H. The average Bonchev–Trinajstić information content (AvgIpc) is 3.08. The van der Waals surface area contributed by atoms with Gasteiger partial charge in [0.1, 0.15) is 11.2 Å². The van der Waals surface area contributed by atoms with Gasteiger partial charge in [-0.05, 0) is 29.3 Å². The van der Waals surface area contributed by atoms with Crippen molar-refractivity contribution in [1.29, 1.82) is 0 Å². The van der Waals surface area contributed by atoms with Crippen LogP contribution in [0.25, 0.3) is 44.2 Å². The zero-order chi connectivity index (χ0) is 17.5.